The minimum atomic E-state index is -4.81. The SMILES string of the molecule is O=C(NC(=O)c1ccccc1Cl)Nc1ccc(Oc2ccc(Cl)nn2)c(C(F)(F)F)c1. The Morgan fingerprint density at radius 3 is 2.35 bits per heavy atom. The van der Waals surface area contributed by atoms with Crippen molar-refractivity contribution in [3.8, 4) is 11.6 Å². The van der Waals surface area contributed by atoms with Crippen LogP contribution in [-0.4, -0.2) is 22.1 Å². The molecule has 0 radical (unpaired) electrons. The highest BCUT2D eigenvalue weighted by molar-refractivity contribution is 6.34. The summed E-state index contributed by atoms with van der Waals surface area (Å²) in [6.45, 7) is 0. The van der Waals surface area contributed by atoms with E-state index in [1.54, 1.807) is 6.07 Å². The van der Waals surface area contributed by atoms with Crippen LogP contribution < -0.4 is 15.4 Å². The number of aromatic nitrogens is 2. The van der Waals surface area contributed by atoms with Gasteiger partial charge in [0, 0.05) is 11.8 Å². The van der Waals surface area contributed by atoms with E-state index in [4.69, 9.17) is 27.9 Å². The quantitative estimate of drug-likeness (QED) is 0.520. The Morgan fingerprint density at radius 1 is 0.968 bits per heavy atom. The van der Waals surface area contributed by atoms with Gasteiger partial charge in [-0.25, -0.2) is 4.79 Å². The van der Waals surface area contributed by atoms with Gasteiger partial charge in [-0.1, -0.05) is 35.3 Å². The molecule has 0 bridgehead atoms. The molecule has 1 aromatic heterocycles. The van der Waals surface area contributed by atoms with E-state index in [2.05, 4.69) is 15.5 Å². The van der Waals surface area contributed by atoms with Crippen LogP contribution in [0.1, 0.15) is 15.9 Å². The van der Waals surface area contributed by atoms with Crippen molar-refractivity contribution < 1.29 is 27.5 Å². The average molecular weight is 471 g/mol. The van der Waals surface area contributed by atoms with Crippen molar-refractivity contribution in [1.82, 2.24) is 15.5 Å². The Morgan fingerprint density at radius 2 is 1.71 bits per heavy atom. The number of alkyl halides is 3. The highest BCUT2D eigenvalue weighted by Gasteiger charge is 2.35. The van der Waals surface area contributed by atoms with Crippen molar-refractivity contribution in [3.63, 3.8) is 0 Å². The number of imide groups is 1. The number of halogens is 5. The molecule has 1 heterocycles. The van der Waals surface area contributed by atoms with E-state index in [1.807, 2.05) is 5.32 Å². The second-order valence-corrected chi connectivity index (χ2v) is 6.69. The van der Waals surface area contributed by atoms with Crippen LogP contribution >= 0.6 is 23.2 Å². The van der Waals surface area contributed by atoms with E-state index < -0.39 is 29.4 Å². The van der Waals surface area contributed by atoms with Crippen LogP contribution in [0.25, 0.3) is 0 Å². The fourth-order valence-corrected chi connectivity index (χ4v) is 2.69. The number of carbonyl (C=O) groups is 2. The zero-order chi connectivity index (χ0) is 22.6. The molecule has 0 saturated heterocycles. The summed E-state index contributed by atoms with van der Waals surface area (Å²) in [6.07, 6.45) is -4.81. The number of hydrogen-bond donors (Lipinski definition) is 2. The van der Waals surface area contributed by atoms with E-state index in [-0.39, 0.29) is 27.3 Å². The van der Waals surface area contributed by atoms with Gasteiger partial charge in [0.05, 0.1) is 10.6 Å². The molecule has 0 unspecified atom stereocenters. The van der Waals surface area contributed by atoms with Crippen molar-refractivity contribution in [3.05, 3.63) is 75.9 Å². The third kappa shape index (κ3) is 5.83. The van der Waals surface area contributed by atoms with Crippen LogP contribution in [0.5, 0.6) is 11.6 Å². The number of rotatable bonds is 4. The van der Waals surface area contributed by atoms with Gasteiger partial charge in [-0.05, 0) is 36.4 Å². The van der Waals surface area contributed by atoms with Gasteiger partial charge in [-0.3, -0.25) is 10.1 Å². The average Bonchev–Trinajstić information content (AvgIpc) is 2.70. The number of benzene rings is 2. The van der Waals surface area contributed by atoms with Crippen LogP contribution in [0.3, 0.4) is 0 Å². The van der Waals surface area contributed by atoms with Crippen LogP contribution in [0.15, 0.2) is 54.6 Å². The van der Waals surface area contributed by atoms with E-state index in [9.17, 15) is 22.8 Å². The highest BCUT2D eigenvalue weighted by atomic mass is 35.5. The number of amides is 3. The minimum absolute atomic E-state index is 0.0307. The molecule has 2 N–H and O–H groups in total. The standard InChI is InChI=1S/C19H11Cl2F3N4O3/c20-13-4-2-1-3-11(13)17(29)26-18(30)25-10-5-6-14(12(9-10)19(22,23)24)31-16-8-7-15(21)27-28-16/h1-9H,(H2,25,26,29,30). The molecule has 31 heavy (non-hydrogen) atoms. The van der Waals surface area contributed by atoms with Crippen molar-refractivity contribution >= 4 is 40.8 Å². The van der Waals surface area contributed by atoms with Crippen molar-refractivity contribution in [1.29, 1.82) is 0 Å². The summed E-state index contributed by atoms with van der Waals surface area (Å²) in [5, 5.41) is 11.3. The number of hydrogen-bond acceptors (Lipinski definition) is 5. The Bertz CT molecular complexity index is 1130. The largest absolute Gasteiger partial charge is 0.437 e. The maximum absolute atomic E-state index is 13.5. The molecule has 3 aromatic rings. The van der Waals surface area contributed by atoms with Gasteiger partial charge < -0.3 is 10.1 Å². The molecule has 2 aromatic carbocycles. The molecule has 0 saturated carbocycles. The third-order valence-corrected chi connectivity index (χ3v) is 4.24. The third-order valence-electron chi connectivity index (χ3n) is 3.71. The molecule has 3 rings (SSSR count). The number of ether oxygens (including phenoxy) is 1. The Labute approximate surface area is 183 Å². The summed E-state index contributed by atoms with van der Waals surface area (Å²) in [6, 6.07) is 10.3. The molecule has 160 valence electrons. The van der Waals surface area contributed by atoms with Gasteiger partial charge >= 0.3 is 12.2 Å². The molecule has 0 atom stereocenters. The number of nitrogens with zero attached hydrogens (tertiary/aromatic N) is 2. The molecular formula is C19H11Cl2F3N4O3. The molecule has 0 aliphatic heterocycles. The predicted octanol–water partition coefficient (Wildman–Crippen LogP) is 5.56. The second-order valence-electron chi connectivity index (χ2n) is 5.89. The van der Waals surface area contributed by atoms with E-state index >= 15 is 0 Å². The lowest BCUT2D eigenvalue weighted by Crippen LogP contribution is -2.34. The minimum Gasteiger partial charge on any atom is -0.437 e. The first-order chi connectivity index (χ1) is 14.6. The van der Waals surface area contributed by atoms with Crippen molar-refractivity contribution in [2.75, 3.05) is 5.32 Å². The van der Waals surface area contributed by atoms with Gasteiger partial charge in [-0.2, -0.15) is 13.2 Å². The van der Waals surface area contributed by atoms with E-state index in [0.717, 1.165) is 12.1 Å². The molecule has 0 aliphatic rings. The highest BCUT2D eigenvalue weighted by Crippen LogP contribution is 2.39. The van der Waals surface area contributed by atoms with Gasteiger partial charge in [0.2, 0.25) is 5.88 Å². The number of nitrogens with one attached hydrogen (secondary N) is 2. The van der Waals surface area contributed by atoms with E-state index in [1.165, 1.54) is 30.3 Å². The first-order valence-corrected chi connectivity index (χ1v) is 9.14. The van der Waals surface area contributed by atoms with Gasteiger partial charge in [0.1, 0.15) is 11.3 Å². The molecule has 7 nitrogen and oxygen atoms in total. The van der Waals surface area contributed by atoms with Gasteiger partial charge in [0.15, 0.2) is 5.15 Å². The smallest absolute Gasteiger partial charge is 0.420 e. The normalized spacial score (nSPS) is 11.0. The number of carbonyl (C=O) groups excluding carboxylic acids is 2. The van der Waals surface area contributed by atoms with E-state index in [0.29, 0.717) is 6.07 Å². The predicted molar refractivity (Wildman–Crippen MR) is 106 cm³/mol. The maximum atomic E-state index is 13.5. The fraction of sp³-hybridized carbons (Fsp3) is 0.0526. The summed E-state index contributed by atoms with van der Waals surface area (Å²) in [4.78, 5) is 24.1. The van der Waals surface area contributed by atoms with Crippen LogP contribution in [0.2, 0.25) is 10.2 Å². The van der Waals surface area contributed by atoms with Crippen molar-refractivity contribution in [2.45, 2.75) is 6.18 Å². The zero-order valence-corrected chi connectivity index (χ0v) is 16.7. The number of anilines is 1. The molecule has 3 amide bonds. The van der Waals surface area contributed by atoms with Gasteiger partial charge in [0.25, 0.3) is 5.91 Å². The van der Waals surface area contributed by atoms with Crippen LogP contribution in [-0.2, 0) is 6.18 Å². The fourth-order valence-electron chi connectivity index (χ4n) is 2.37. The Balaban J connectivity index is 1.77. The summed E-state index contributed by atoms with van der Waals surface area (Å²) in [5.41, 5.74) is -1.38. The summed E-state index contributed by atoms with van der Waals surface area (Å²) < 4.78 is 45.6. The first kappa shape index (κ1) is 22.3. The lowest BCUT2D eigenvalue weighted by molar-refractivity contribution is -0.138. The Kier molecular flexibility index (Phi) is 6.62. The lowest BCUT2D eigenvalue weighted by Gasteiger charge is -2.15. The number of urea groups is 1. The topological polar surface area (TPSA) is 93.2 Å². The first-order valence-electron chi connectivity index (χ1n) is 8.38. The summed E-state index contributed by atoms with van der Waals surface area (Å²) >= 11 is 11.5. The molecule has 0 spiro atoms. The summed E-state index contributed by atoms with van der Waals surface area (Å²) in [5.74, 6) is -1.60. The van der Waals surface area contributed by atoms with Crippen molar-refractivity contribution in [2.24, 2.45) is 0 Å². The molecule has 0 aliphatic carbocycles. The van der Waals surface area contributed by atoms with Crippen LogP contribution in [0.4, 0.5) is 23.7 Å². The monoisotopic (exact) mass is 470 g/mol. The van der Waals surface area contributed by atoms with Crippen LogP contribution in [0, 0.1) is 0 Å². The molecular weight excluding hydrogens is 460 g/mol. The second kappa shape index (κ2) is 9.19. The zero-order valence-electron chi connectivity index (χ0n) is 15.2. The van der Waals surface area contributed by atoms with Gasteiger partial charge in [-0.15, -0.1) is 10.2 Å². The molecule has 12 heteroatoms. The maximum Gasteiger partial charge on any atom is 0.420 e. The lowest BCUT2D eigenvalue weighted by atomic mass is 10.1. The Hall–Kier alpha value is -3.37. The molecule has 0 fully saturated rings. The summed E-state index contributed by atoms with van der Waals surface area (Å²) in [7, 11) is 0.